The van der Waals surface area contributed by atoms with Crippen LogP contribution in [0, 0.1) is 0 Å². The molecule has 0 unspecified atom stereocenters. The van der Waals surface area contributed by atoms with Crippen molar-refractivity contribution in [1.29, 1.82) is 0 Å². The molecule has 0 saturated heterocycles. The molecule has 0 radical (unpaired) electrons. The van der Waals surface area contributed by atoms with Gasteiger partial charge in [-0.3, -0.25) is 0 Å². The highest BCUT2D eigenvalue weighted by Crippen LogP contribution is 2.34. The van der Waals surface area contributed by atoms with Crippen molar-refractivity contribution in [1.82, 2.24) is 4.72 Å². The van der Waals surface area contributed by atoms with Gasteiger partial charge in [0.15, 0.2) is 0 Å². The number of alkyl halides is 3. The Hall–Kier alpha value is -1.18. The van der Waals surface area contributed by atoms with Crippen LogP contribution in [-0.4, -0.2) is 6.36 Å². The number of nitrogens with one attached hydrogen (secondary N) is 1. The van der Waals surface area contributed by atoms with Gasteiger partial charge in [0.2, 0.25) is 0 Å². The van der Waals surface area contributed by atoms with Crippen LogP contribution in [0.4, 0.5) is 13.2 Å². The maximum absolute atomic E-state index is 12.4. The van der Waals surface area contributed by atoms with E-state index in [-0.39, 0.29) is 5.75 Å². The first-order valence-corrected chi connectivity index (χ1v) is 8.33. The minimum atomic E-state index is -4.71. The predicted molar refractivity (Wildman–Crippen MR) is 89.3 cm³/mol. The van der Waals surface area contributed by atoms with Crippen LogP contribution in [0.25, 0.3) is 0 Å². The highest BCUT2D eigenvalue weighted by Gasteiger charge is 2.32. The van der Waals surface area contributed by atoms with E-state index in [4.69, 9.17) is 0 Å². The molecule has 0 atom stereocenters. The number of hydrogen-bond donors (Lipinski definition) is 1. The van der Waals surface area contributed by atoms with Gasteiger partial charge in [0, 0.05) is 10.0 Å². The number of halogens is 4. The molecule has 0 bridgehead atoms. The Bertz CT molecular complexity index is 676. The third kappa shape index (κ3) is 5.44. The molecule has 0 aliphatic carbocycles. The quantitative estimate of drug-likeness (QED) is 0.627. The van der Waals surface area contributed by atoms with Crippen LogP contribution < -0.4 is 9.46 Å². The summed E-state index contributed by atoms with van der Waals surface area (Å²) in [5, 5.41) is 0. The number of para-hydroxylation sites is 1. The van der Waals surface area contributed by atoms with Gasteiger partial charge in [-0.1, -0.05) is 40.2 Å². The van der Waals surface area contributed by atoms with Crippen LogP contribution in [0.2, 0.25) is 0 Å². The van der Waals surface area contributed by atoms with Gasteiger partial charge in [-0.15, -0.1) is 13.2 Å². The van der Waals surface area contributed by atoms with Crippen molar-refractivity contribution < 1.29 is 17.9 Å². The van der Waals surface area contributed by atoms with Crippen molar-refractivity contribution in [3.8, 4) is 5.75 Å². The van der Waals surface area contributed by atoms with E-state index in [0.29, 0.717) is 4.90 Å². The van der Waals surface area contributed by atoms with Crippen LogP contribution in [0.1, 0.15) is 19.4 Å². The summed E-state index contributed by atoms with van der Waals surface area (Å²) in [5.74, 6) is -0.220. The molecule has 0 aliphatic heterocycles. The summed E-state index contributed by atoms with van der Waals surface area (Å²) in [6, 6.07) is 13.8. The van der Waals surface area contributed by atoms with Crippen molar-refractivity contribution in [3.05, 3.63) is 58.6 Å². The molecule has 1 N–H and O–H groups in total. The summed E-state index contributed by atoms with van der Waals surface area (Å²) in [6.45, 7) is 3.91. The van der Waals surface area contributed by atoms with Crippen molar-refractivity contribution in [2.24, 2.45) is 0 Å². The monoisotopic (exact) mass is 405 g/mol. The molecule has 2 rings (SSSR count). The molecule has 23 heavy (non-hydrogen) atoms. The third-order valence-electron chi connectivity index (χ3n) is 3.04. The molecule has 124 valence electrons. The van der Waals surface area contributed by atoms with Gasteiger partial charge >= 0.3 is 6.36 Å². The summed E-state index contributed by atoms with van der Waals surface area (Å²) >= 11 is 4.52. The Morgan fingerprint density at radius 3 is 2.39 bits per heavy atom. The van der Waals surface area contributed by atoms with Crippen LogP contribution in [0.5, 0.6) is 5.75 Å². The van der Waals surface area contributed by atoms with Crippen LogP contribution in [0.15, 0.2) is 57.9 Å². The maximum atomic E-state index is 12.4. The molecule has 0 amide bonds. The van der Waals surface area contributed by atoms with Crippen molar-refractivity contribution in [2.45, 2.75) is 30.6 Å². The lowest BCUT2D eigenvalue weighted by Gasteiger charge is -2.27. The lowest BCUT2D eigenvalue weighted by atomic mass is 9.96. The van der Waals surface area contributed by atoms with Gasteiger partial charge < -0.3 is 4.74 Å². The molecule has 0 aliphatic rings. The van der Waals surface area contributed by atoms with Gasteiger partial charge in [0.1, 0.15) is 5.75 Å². The van der Waals surface area contributed by atoms with Crippen LogP contribution in [0.3, 0.4) is 0 Å². The average molecular weight is 406 g/mol. The standard InChI is InChI=1S/C16H15BrF3NOS/c1-15(2,11-6-5-7-12(17)10-11)21-23-14-9-4-3-8-13(14)22-16(18,19)20/h3-10,21H,1-2H3. The summed E-state index contributed by atoms with van der Waals surface area (Å²) in [6.07, 6.45) is -4.71. The third-order valence-corrected chi connectivity index (χ3v) is 4.70. The Balaban J connectivity index is 2.14. The number of rotatable bonds is 5. The zero-order valence-electron chi connectivity index (χ0n) is 12.4. The molecule has 0 saturated carbocycles. The fourth-order valence-corrected chi connectivity index (χ4v) is 3.10. The smallest absolute Gasteiger partial charge is 0.405 e. The van der Waals surface area contributed by atoms with E-state index in [1.54, 1.807) is 12.1 Å². The van der Waals surface area contributed by atoms with Gasteiger partial charge in [-0.25, -0.2) is 4.72 Å². The lowest BCUT2D eigenvalue weighted by Crippen LogP contribution is -2.31. The molecule has 2 aromatic carbocycles. The second-order valence-electron chi connectivity index (χ2n) is 5.33. The van der Waals surface area contributed by atoms with E-state index < -0.39 is 11.9 Å². The highest BCUT2D eigenvalue weighted by atomic mass is 79.9. The zero-order chi connectivity index (χ0) is 17.1. The van der Waals surface area contributed by atoms with Gasteiger partial charge in [-0.05, 0) is 55.6 Å². The van der Waals surface area contributed by atoms with E-state index in [1.807, 2.05) is 38.1 Å². The maximum Gasteiger partial charge on any atom is 0.573 e. The van der Waals surface area contributed by atoms with Gasteiger partial charge in [-0.2, -0.15) is 0 Å². The number of benzene rings is 2. The Morgan fingerprint density at radius 2 is 1.74 bits per heavy atom. The number of ether oxygens (including phenoxy) is 1. The topological polar surface area (TPSA) is 21.3 Å². The molecule has 0 aromatic heterocycles. The largest absolute Gasteiger partial charge is 0.573 e. The van der Waals surface area contributed by atoms with Crippen molar-refractivity contribution in [3.63, 3.8) is 0 Å². The fraction of sp³-hybridized carbons (Fsp3) is 0.250. The van der Waals surface area contributed by atoms with Gasteiger partial charge in [0.05, 0.1) is 4.90 Å². The first-order chi connectivity index (χ1) is 10.7. The minimum Gasteiger partial charge on any atom is -0.405 e. The van der Waals surface area contributed by atoms with E-state index in [1.165, 1.54) is 12.1 Å². The molecule has 0 heterocycles. The molecule has 0 spiro atoms. The Morgan fingerprint density at radius 1 is 1.04 bits per heavy atom. The predicted octanol–water partition coefficient (Wildman–Crippen LogP) is 5.88. The molecule has 2 nitrogen and oxygen atoms in total. The lowest BCUT2D eigenvalue weighted by molar-refractivity contribution is -0.275. The normalized spacial score (nSPS) is 12.3. The SMILES string of the molecule is CC(C)(NSc1ccccc1OC(F)(F)F)c1cccc(Br)c1. The molecule has 2 aromatic rings. The molecular formula is C16H15BrF3NOS. The first kappa shape index (κ1) is 18.2. The summed E-state index contributed by atoms with van der Waals surface area (Å²) in [4.78, 5) is 0.368. The van der Waals surface area contributed by atoms with Gasteiger partial charge in [0.25, 0.3) is 0 Å². The zero-order valence-corrected chi connectivity index (χ0v) is 14.8. The Labute approximate surface area is 145 Å². The summed E-state index contributed by atoms with van der Waals surface area (Å²) in [7, 11) is 0. The van der Waals surface area contributed by atoms with Crippen LogP contribution in [-0.2, 0) is 5.54 Å². The van der Waals surface area contributed by atoms with Crippen LogP contribution >= 0.6 is 27.9 Å². The molecule has 7 heteroatoms. The highest BCUT2D eigenvalue weighted by molar-refractivity contribution is 9.10. The summed E-state index contributed by atoms with van der Waals surface area (Å²) < 4.78 is 45.5. The summed E-state index contributed by atoms with van der Waals surface area (Å²) in [5.41, 5.74) is 0.563. The van der Waals surface area contributed by atoms with Crippen molar-refractivity contribution >= 4 is 27.9 Å². The second-order valence-corrected chi connectivity index (χ2v) is 7.10. The van der Waals surface area contributed by atoms with E-state index in [2.05, 4.69) is 25.4 Å². The van der Waals surface area contributed by atoms with Crippen molar-refractivity contribution in [2.75, 3.05) is 0 Å². The second kappa shape index (κ2) is 7.15. The van der Waals surface area contributed by atoms with E-state index in [9.17, 15) is 13.2 Å². The average Bonchev–Trinajstić information content (AvgIpc) is 2.45. The minimum absolute atomic E-state index is 0.220. The van der Waals surface area contributed by atoms with E-state index in [0.717, 1.165) is 22.0 Å². The Kier molecular flexibility index (Phi) is 5.65. The molecular weight excluding hydrogens is 391 g/mol. The fourth-order valence-electron chi connectivity index (χ4n) is 1.86. The van der Waals surface area contributed by atoms with E-state index >= 15 is 0 Å². The molecule has 0 fully saturated rings. The first-order valence-electron chi connectivity index (χ1n) is 6.72. The number of hydrogen-bond acceptors (Lipinski definition) is 3.